The lowest BCUT2D eigenvalue weighted by Gasteiger charge is -2.65. The number of esters is 1. The molecule has 0 radical (unpaired) electrons. The molecule has 8 bridgehead atoms. The van der Waals surface area contributed by atoms with Crippen molar-refractivity contribution in [2.24, 2.45) is 34.5 Å². The molecule has 8 fully saturated rings. The van der Waals surface area contributed by atoms with Crippen LogP contribution in [0.1, 0.15) is 123 Å². The van der Waals surface area contributed by atoms with Crippen molar-refractivity contribution in [1.29, 1.82) is 0 Å². The van der Waals surface area contributed by atoms with E-state index in [4.69, 9.17) is 4.74 Å². The van der Waals surface area contributed by atoms with Crippen molar-refractivity contribution in [3.8, 4) is 33.8 Å². The van der Waals surface area contributed by atoms with Crippen LogP contribution < -0.4 is 0 Å². The summed E-state index contributed by atoms with van der Waals surface area (Å²) in [5.74, 6) is 2.98. The molecule has 6 nitrogen and oxygen atoms in total. The molecule has 0 aliphatic heterocycles. The van der Waals surface area contributed by atoms with E-state index < -0.39 is 5.97 Å². The summed E-state index contributed by atoms with van der Waals surface area (Å²) in [6.45, 7) is 4.97. The molecule has 14 rings (SSSR count). The van der Waals surface area contributed by atoms with Crippen molar-refractivity contribution in [3.05, 3.63) is 131 Å². The van der Waals surface area contributed by atoms with Crippen LogP contribution in [-0.4, -0.2) is 34.4 Å². The van der Waals surface area contributed by atoms with E-state index in [1.807, 2.05) is 54.6 Å². The van der Waals surface area contributed by atoms with Gasteiger partial charge in [-0.2, -0.15) is 0 Å². The minimum atomic E-state index is -0.903. The fourth-order valence-electron chi connectivity index (χ4n) is 15.7. The van der Waals surface area contributed by atoms with Crippen LogP contribution in [0.25, 0.3) is 43.8 Å². The first-order valence-electron chi connectivity index (χ1n) is 23.3. The Balaban J connectivity index is 0.000000142. The Labute approximate surface area is 370 Å². The summed E-state index contributed by atoms with van der Waals surface area (Å²) >= 11 is 0. The van der Waals surface area contributed by atoms with Crippen molar-refractivity contribution >= 4 is 33.5 Å². The molecule has 63 heavy (non-hydrogen) atoms. The third-order valence-corrected chi connectivity index (χ3v) is 16.8. The van der Waals surface area contributed by atoms with Crippen LogP contribution in [0.4, 0.5) is 0 Å². The van der Waals surface area contributed by atoms with Crippen molar-refractivity contribution in [2.45, 2.75) is 102 Å². The number of phenolic OH excluding ortho intramolecular Hbond substituents is 2. The van der Waals surface area contributed by atoms with E-state index in [1.54, 1.807) is 12.1 Å². The summed E-state index contributed by atoms with van der Waals surface area (Å²) in [6, 6.07) is 35.8. The minimum absolute atomic E-state index is 0.0925. The number of carboxylic acid groups (broad SMARTS) is 1. The normalized spacial score (nSPS) is 30.9. The maximum atomic E-state index is 11.9. The number of benzene rings is 6. The molecule has 0 amide bonds. The summed E-state index contributed by atoms with van der Waals surface area (Å²) < 4.78 is 4.85. The first-order chi connectivity index (χ1) is 30.2. The summed E-state index contributed by atoms with van der Waals surface area (Å²) in [5.41, 5.74) is 8.75. The monoisotopic (exact) mass is 838 g/mol. The highest BCUT2D eigenvalue weighted by molar-refractivity contribution is 5.97. The first-order valence-corrected chi connectivity index (χ1v) is 23.3. The smallest absolute Gasteiger partial charge is 0.337 e. The molecule has 8 aliphatic carbocycles. The van der Waals surface area contributed by atoms with Crippen LogP contribution in [0.5, 0.6) is 11.5 Å². The Morgan fingerprint density at radius 2 is 0.905 bits per heavy atom. The summed E-state index contributed by atoms with van der Waals surface area (Å²) in [4.78, 5) is 23.1. The van der Waals surface area contributed by atoms with Crippen LogP contribution in [0.3, 0.4) is 0 Å². The molecule has 6 heteroatoms. The summed E-state index contributed by atoms with van der Waals surface area (Å²) in [5, 5.41) is 35.2. The van der Waals surface area contributed by atoms with E-state index in [-0.39, 0.29) is 16.8 Å². The van der Waals surface area contributed by atoms with Crippen molar-refractivity contribution in [1.82, 2.24) is 0 Å². The highest BCUT2D eigenvalue weighted by Gasteiger charge is 2.61. The Morgan fingerprint density at radius 3 is 1.40 bits per heavy atom. The Kier molecular flexibility index (Phi) is 9.22. The maximum absolute atomic E-state index is 11.9. The van der Waals surface area contributed by atoms with E-state index in [0.29, 0.717) is 33.5 Å². The molecule has 2 atom stereocenters. The highest BCUT2D eigenvalue weighted by atomic mass is 16.5. The molecule has 8 saturated carbocycles. The predicted octanol–water partition coefficient (Wildman–Crippen LogP) is 13.6. The zero-order valence-corrected chi connectivity index (χ0v) is 36.8. The fourth-order valence-corrected chi connectivity index (χ4v) is 15.7. The molecule has 8 aliphatic rings. The number of phenols is 2. The number of hydrogen-bond donors (Lipinski definition) is 3. The van der Waals surface area contributed by atoms with Crippen LogP contribution >= 0.6 is 0 Å². The van der Waals surface area contributed by atoms with Gasteiger partial charge in [0.2, 0.25) is 0 Å². The number of carboxylic acids is 1. The second-order valence-corrected chi connectivity index (χ2v) is 21.9. The number of fused-ring (bicyclic) bond motifs is 2. The second kappa shape index (κ2) is 14.5. The number of methoxy groups -OCH3 is 1. The molecular formula is C57H58O6. The molecule has 0 spiro atoms. The topological polar surface area (TPSA) is 104 Å². The van der Waals surface area contributed by atoms with Gasteiger partial charge in [0.05, 0.1) is 18.2 Å². The number of carbonyl (C=O) groups is 2. The molecule has 0 aromatic heterocycles. The zero-order valence-electron chi connectivity index (χ0n) is 36.8. The van der Waals surface area contributed by atoms with Crippen LogP contribution in [-0.2, 0) is 15.6 Å². The van der Waals surface area contributed by atoms with Gasteiger partial charge in [-0.3, -0.25) is 0 Å². The lowest BCUT2D eigenvalue weighted by molar-refractivity contribution is -0.110. The third-order valence-electron chi connectivity index (χ3n) is 16.8. The first kappa shape index (κ1) is 40.2. The molecular weight excluding hydrogens is 781 g/mol. The van der Waals surface area contributed by atoms with Crippen LogP contribution in [0.2, 0.25) is 0 Å². The van der Waals surface area contributed by atoms with Gasteiger partial charge >= 0.3 is 11.9 Å². The van der Waals surface area contributed by atoms with E-state index in [2.05, 4.69) is 56.3 Å². The molecule has 322 valence electrons. The quantitative estimate of drug-likeness (QED) is 0.144. The molecule has 0 heterocycles. The van der Waals surface area contributed by atoms with Gasteiger partial charge in [-0.1, -0.05) is 62.4 Å². The van der Waals surface area contributed by atoms with Gasteiger partial charge < -0.3 is 20.1 Å². The standard InChI is InChI=1S/C30H32O3.C27H26O3/c1-28-13-19-14-29(2,16-28)18-30(15-19,17-28)25-12-23(8-9-26(25)31)21-4-5-22-11-24(27(32)33-3)7-6-20(22)10-21;28-25-6-5-22(20-1-2-21-11-23(26(29)30)4-3-19(21)10-20)12-24(25)27-13-16-7-17(14-27)9-18(8-16)15-27/h4-12,19,31H,13-18H2,1-3H3;1-6,10-12,16-18,28H,7-9,13-15H2,(H,29,30). The SMILES string of the molecule is COC(=O)c1ccc2cc(-c3ccc(O)c(C45CC6CC(C)(CC(C)(C6)C4)C5)c3)ccc2c1.O=C(O)c1ccc2cc(-c3ccc(O)c(C45CC6CC(CC(C6)C4)C5)c3)ccc2c1. The summed E-state index contributed by atoms with van der Waals surface area (Å²) in [6.07, 6.45) is 15.5. The van der Waals surface area contributed by atoms with Crippen molar-refractivity contribution in [3.63, 3.8) is 0 Å². The van der Waals surface area contributed by atoms with E-state index in [9.17, 15) is 24.9 Å². The van der Waals surface area contributed by atoms with Crippen molar-refractivity contribution < 1.29 is 29.6 Å². The number of hydrogen-bond acceptors (Lipinski definition) is 5. The maximum Gasteiger partial charge on any atom is 0.337 e. The number of aromatic hydroxyl groups is 2. The molecule has 2 unspecified atom stereocenters. The van der Waals surface area contributed by atoms with E-state index in [1.165, 1.54) is 84.2 Å². The second-order valence-electron chi connectivity index (χ2n) is 21.9. The van der Waals surface area contributed by atoms with Gasteiger partial charge in [0, 0.05) is 16.5 Å². The minimum Gasteiger partial charge on any atom is -0.508 e. The number of ether oxygens (including phenoxy) is 1. The van der Waals surface area contributed by atoms with Crippen molar-refractivity contribution in [2.75, 3.05) is 7.11 Å². The Hall–Kier alpha value is -5.62. The predicted molar refractivity (Wildman–Crippen MR) is 249 cm³/mol. The highest BCUT2D eigenvalue weighted by Crippen LogP contribution is 2.70. The van der Waals surface area contributed by atoms with E-state index in [0.717, 1.165) is 78.6 Å². The Bertz CT molecular complexity index is 2800. The summed E-state index contributed by atoms with van der Waals surface area (Å²) in [7, 11) is 1.41. The zero-order chi connectivity index (χ0) is 43.5. The van der Waals surface area contributed by atoms with Crippen LogP contribution in [0, 0.1) is 34.5 Å². The van der Waals surface area contributed by atoms with Crippen LogP contribution in [0.15, 0.2) is 109 Å². The van der Waals surface area contributed by atoms with Gasteiger partial charge in [-0.25, -0.2) is 9.59 Å². The average molecular weight is 839 g/mol. The molecule has 6 aromatic carbocycles. The number of rotatable bonds is 6. The fraction of sp³-hybridized carbons (Fsp3) is 0.404. The van der Waals surface area contributed by atoms with Gasteiger partial charge in [0.1, 0.15) is 11.5 Å². The Morgan fingerprint density at radius 1 is 0.492 bits per heavy atom. The van der Waals surface area contributed by atoms with Gasteiger partial charge in [-0.15, -0.1) is 0 Å². The molecule has 6 aromatic rings. The number of aromatic carboxylic acids is 1. The third kappa shape index (κ3) is 7.00. The lowest BCUT2D eigenvalue weighted by Crippen LogP contribution is -2.56. The van der Waals surface area contributed by atoms with Gasteiger partial charge in [-0.05, 0) is 221 Å². The van der Waals surface area contributed by atoms with E-state index >= 15 is 0 Å². The number of carbonyl (C=O) groups excluding carboxylic acids is 1. The lowest BCUT2D eigenvalue weighted by atomic mass is 9.39. The van der Waals surface area contributed by atoms with Gasteiger partial charge in [0.25, 0.3) is 0 Å². The molecule has 3 N–H and O–H groups in total. The van der Waals surface area contributed by atoms with Gasteiger partial charge in [0.15, 0.2) is 0 Å². The molecule has 0 saturated heterocycles. The average Bonchev–Trinajstić information content (AvgIpc) is 3.24. The largest absolute Gasteiger partial charge is 0.508 e.